The van der Waals surface area contributed by atoms with Gasteiger partial charge in [-0.15, -0.1) is 0 Å². The number of hydrogen-bond acceptors (Lipinski definition) is 1. The average Bonchev–Trinajstić information content (AvgIpc) is 2.03. The quantitative estimate of drug-likeness (QED) is 0.706. The molecule has 0 radical (unpaired) electrons. The summed E-state index contributed by atoms with van der Waals surface area (Å²) in [5.41, 5.74) is 1.78. The molecular weight excluding hydrogens is 182 g/mol. The summed E-state index contributed by atoms with van der Waals surface area (Å²) in [4.78, 5) is 0. The Morgan fingerprint density at radius 3 is 2.69 bits per heavy atom. The van der Waals surface area contributed by atoms with Crippen LogP contribution < -0.4 is 0 Å². The first-order valence-electron chi connectivity index (χ1n) is 4.32. The van der Waals surface area contributed by atoms with Crippen molar-refractivity contribution in [2.24, 2.45) is 5.92 Å². The van der Waals surface area contributed by atoms with Gasteiger partial charge in [0.15, 0.2) is 0 Å². The highest BCUT2D eigenvalue weighted by Crippen LogP contribution is 2.18. The van der Waals surface area contributed by atoms with E-state index in [1.807, 2.05) is 6.07 Å². The normalized spacial score (nSPS) is 10.1. The molecule has 0 heterocycles. The van der Waals surface area contributed by atoms with Crippen molar-refractivity contribution in [2.45, 2.75) is 20.3 Å². The molecule has 0 aliphatic rings. The summed E-state index contributed by atoms with van der Waals surface area (Å²) in [6, 6.07) is 7.58. The lowest BCUT2D eigenvalue weighted by atomic mass is 9.99. The Hall–Kier alpha value is -1.00. The van der Waals surface area contributed by atoms with E-state index in [-0.39, 0.29) is 0 Å². The molecule has 0 amide bonds. The van der Waals surface area contributed by atoms with Gasteiger partial charge >= 0.3 is 0 Å². The number of halogens is 1. The SMILES string of the molecule is CC(C)Cc1cc(Cl)ccc1C#N. The lowest BCUT2D eigenvalue weighted by Gasteiger charge is -2.06. The second kappa shape index (κ2) is 4.30. The number of rotatable bonds is 2. The van der Waals surface area contributed by atoms with Crippen molar-refractivity contribution in [1.82, 2.24) is 0 Å². The third-order valence-corrected chi connectivity index (χ3v) is 2.05. The van der Waals surface area contributed by atoms with E-state index < -0.39 is 0 Å². The molecular formula is C11H12ClN. The fourth-order valence-corrected chi connectivity index (χ4v) is 1.47. The highest BCUT2D eigenvalue weighted by atomic mass is 35.5. The number of nitriles is 1. The van der Waals surface area contributed by atoms with Crippen LogP contribution in [0, 0.1) is 17.2 Å². The van der Waals surface area contributed by atoms with E-state index in [4.69, 9.17) is 16.9 Å². The Balaban J connectivity index is 3.03. The highest BCUT2D eigenvalue weighted by molar-refractivity contribution is 6.30. The summed E-state index contributed by atoms with van der Waals surface area (Å²) in [5.74, 6) is 0.547. The van der Waals surface area contributed by atoms with Crippen LogP contribution >= 0.6 is 11.6 Å². The standard InChI is InChI=1S/C11H12ClN/c1-8(2)5-10-6-11(12)4-3-9(10)7-13/h3-4,6,8H,5H2,1-2H3. The third kappa shape index (κ3) is 2.75. The van der Waals surface area contributed by atoms with Gasteiger partial charge in [0.25, 0.3) is 0 Å². The van der Waals surface area contributed by atoms with Gasteiger partial charge in [-0.2, -0.15) is 5.26 Å². The lowest BCUT2D eigenvalue weighted by Crippen LogP contribution is -1.96. The van der Waals surface area contributed by atoms with Crippen molar-refractivity contribution in [1.29, 1.82) is 5.26 Å². The first-order chi connectivity index (χ1) is 6.13. The van der Waals surface area contributed by atoms with E-state index in [1.165, 1.54) is 0 Å². The van der Waals surface area contributed by atoms with Crippen LogP contribution in [0.5, 0.6) is 0 Å². The molecule has 0 saturated carbocycles. The van der Waals surface area contributed by atoms with E-state index in [2.05, 4.69) is 19.9 Å². The Bertz CT molecular complexity index is 336. The van der Waals surface area contributed by atoms with Crippen LogP contribution in [0.1, 0.15) is 25.0 Å². The van der Waals surface area contributed by atoms with Crippen LogP contribution in [0.2, 0.25) is 5.02 Å². The van der Waals surface area contributed by atoms with Crippen LogP contribution in [0.25, 0.3) is 0 Å². The average molecular weight is 194 g/mol. The molecule has 0 spiro atoms. The first kappa shape index (κ1) is 10.1. The fraction of sp³-hybridized carbons (Fsp3) is 0.364. The summed E-state index contributed by atoms with van der Waals surface area (Å²) in [7, 11) is 0. The third-order valence-electron chi connectivity index (χ3n) is 1.82. The fourth-order valence-electron chi connectivity index (χ4n) is 1.28. The molecule has 0 aliphatic heterocycles. The van der Waals surface area contributed by atoms with E-state index in [0.29, 0.717) is 10.9 Å². The summed E-state index contributed by atoms with van der Waals surface area (Å²) in [6.07, 6.45) is 0.906. The Morgan fingerprint density at radius 2 is 2.15 bits per heavy atom. The predicted octanol–water partition coefficient (Wildman–Crippen LogP) is 3.41. The van der Waals surface area contributed by atoms with E-state index in [9.17, 15) is 0 Å². The molecule has 0 atom stereocenters. The van der Waals surface area contributed by atoms with Gasteiger partial charge in [0.1, 0.15) is 0 Å². The van der Waals surface area contributed by atoms with Gasteiger partial charge in [0.2, 0.25) is 0 Å². The molecule has 1 aromatic rings. The zero-order valence-electron chi connectivity index (χ0n) is 7.84. The van der Waals surface area contributed by atoms with Crippen molar-refractivity contribution in [2.75, 3.05) is 0 Å². The summed E-state index contributed by atoms with van der Waals surface area (Å²) < 4.78 is 0. The minimum atomic E-state index is 0.547. The van der Waals surface area contributed by atoms with Crippen LogP contribution in [0.15, 0.2) is 18.2 Å². The molecule has 68 valence electrons. The second-order valence-electron chi connectivity index (χ2n) is 3.51. The summed E-state index contributed by atoms with van der Waals surface area (Å²) in [5, 5.41) is 9.53. The molecule has 2 heteroatoms. The van der Waals surface area contributed by atoms with Gasteiger partial charge < -0.3 is 0 Å². The monoisotopic (exact) mass is 193 g/mol. The maximum absolute atomic E-state index is 8.83. The molecule has 1 nitrogen and oxygen atoms in total. The molecule has 0 unspecified atom stereocenters. The molecule has 1 aromatic carbocycles. The van der Waals surface area contributed by atoms with Gasteiger partial charge in [-0.25, -0.2) is 0 Å². The van der Waals surface area contributed by atoms with Crippen molar-refractivity contribution in [3.63, 3.8) is 0 Å². The molecule has 0 saturated heterocycles. The molecule has 13 heavy (non-hydrogen) atoms. The van der Waals surface area contributed by atoms with Crippen LogP contribution in [-0.2, 0) is 6.42 Å². The predicted molar refractivity (Wildman–Crippen MR) is 54.7 cm³/mol. The lowest BCUT2D eigenvalue weighted by molar-refractivity contribution is 0.646. The van der Waals surface area contributed by atoms with Crippen molar-refractivity contribution in [3.05, 3.63) is 34.3 Å². The molecule has 0 N–H and O–H groups in total. The van der Waals surface area contributed by atoms with E-state index in [1.54, 1.807) is 12.1 Å². The number of benzene rings is 1. The smallest absolute Gasteiger partial charge is 0.0994 e. The maximum Gasteiger partial charge on any atom is 0.0994 e. The van der Waals surface area contributed by atoms with Gasteiger partial charge in [-0.05, 0) is 36.1 Å². The Morgan fingerprint density at radius 1 is 1.46 bits per heavy atom. The number of hydrogen-bond donors (Lipinski definition) is 0. The van der Waals surface area contributed by atoms with Gasteiger partial charge in [-0.3, -0.25) is 0 Å². The largest absolute Gasteiger partial charge is 0.192 e. The Kier molecular flexibility index (Phi) is 3.33. The topological polar surface area (TPSA) is 23.8 Å². The Labute approximate surface area is 84.0 Å². The van der Waals surface area contributed by atoms with Gasteiger partial charge in [-0.1, -0.05) is 25.4 Å². The maximum atomic E-state index is 8.83. The minimum absolute atomic E-state index is 0.547. The van der Waals surface area contributed by atoms with Crippen LogP contribution in [0.4, 0.5) is 0 Å². The molecule has 1 rings (SSSR count). The first-order valence-corrected chi connectivity index (χ1v) is 4.70. The molecule has 0 bridgehead atoms. The van der Waals surface area contributed by atoms with Crippen molar-refractivity contribution < 1.29 is 0 Å². The number of nitrogens with zero attached hydrogens (tertiary/aromatic N) is 1. The van der Waals surface area contributed by atoms with Gasteiger partial charge in [0.05, 0.1) is 11.6 Å². The summed E-state index contributed by atoms with van der Waals surface area (Å²) in [6.45, 7) is 4.25. The molecule has 0 fully saturated rings. The van der Waals surface area contributed by atoms with E-state index >= 15 is 0 Å². The summed E-state index contributed by atoms with van der Waals surface area (Å²) >= 11 is 5.85. The zero-order valence-corrected chi connectivity index (χ0v) is 8.60. The molecule has 0 aliphatic carbocycles. The van der Waals surface area contributed by atoms with Gasteiger partial charge in [0, 0.05) is 5.02 Å². The highest BCUT2D eigenvalue weighted by Gasteiger charge is 2.04. The minimum Gasteiger partial charge on any atom is -0.192 e. The van der Waals surface area contributed by atoms with Crippen molar-refractivity contribution >= 4 is 11.6 Å². The molecule has 0 aromatic heterocycles. The zero-order chi connectivity index (χ0) is 9.84. The van der Waals surface area contributed by atoms with Crippen molar-refractivity contribution in [3.8, 4) is 6.07 Å². The van der Waals surface area contributed by atoms with Crippen LogP contribution in [0.3, 0.4) is 0 Å². The second-order valence-corrected chi connectivity index (χ2v) is 3.95. The van der Waals surface area contributed by atoms with E-state index in [0.717, 1.165) is 17.5 Å². The van der Waals surface area contributed by atoms with Crippen LogP contribution in [-0.4, -0.2) is 0 Å².